The van der Waals surface area contributed by atoms with Crippen molar-refractivity contribution in [1.29, 1.82) is 0 Å². The Balaban J connectivity index is 2.03. The molecule has 7 nitrogen and oxygen atoms in total. The second-order valence-corrected chi connectivity index (χ2v) is 6.76. The molecule has 0 radical (unpaired) electrons. The van der Waals surface area contributed by atoms with Crippen molar-refractivity contribution >= 4 is 11.9 Å². The third-order valence-corrected chi connectivity index (χ3v) is 5.00. The zero-order valence-corrected chi connectivity index (χ0v) is 15.9. The summed E-state index contributed by atoms with van der Waals surface area (Å²) in [5.41, 5.74) is 2.80. The minimum atomic E-state index is -2.94. The van der Waals surface area contributed by atoms with Gasteiger partial charge in [-0.15, -0.1) is 0 Å². The second-order valence-electron chi connectivity index (χ2n) is 6.76. The molecule has 1 aliphatic rings. The molecular formula is C20H14F4N6O. The van der Waals surface area contributed by atoms with Crippen LogP contribution in [0.25, 0.3) is 11.1 Å². The van der Waals surface area contributed by atoms with Gasteiger partial charge in [0.1, 0.15) is 17.3 Å². The van der Waals surface area contributed by atoms with E-state index < -0.39 is 35.2 Å². The minimum absolute atomic E-state index is 0.0788. The molecule has 0 fully saturated rings. The number of carbonyl (C=O) groups is 1. The molecule has 3 aromatic rings. The molecule has 4 rings (SSSR count). The van der Waals surface area contributed by atoms with Crippen LogP contribution in [0, 0.1) is 11.6 Å². The SMILES string of the molecule is CN1C(=O)C(c2ccnc(C(F)F)c2)(c2cc(-c3ccnnc3)c(F)cc2F)N=C1N. The Labute approximate surface area is 173 Å². The van der Waals surface area contributed by atoms with E-state index >= 15 is 4.39 Å². The van der Waals surface area contributed by atoms with Crippen LogP contribution in [-0.4, -0.2) is 39.0 Å². The molecule has 0 saturated carbocycles. The first-order valence-corrected chi connectivity index (χ1v) is 8.90. The Morgan fingerprint density at radius 1 is 1.06 bits per heavy atom. The molecule has 31 heavy (non-hydrogen) atoms. The summed E-state index contributed by atoms with van der Waals surface area (Å²) < 4.78 is 56.2. The number of rotatable bonds is 4. The van der Waals surface area contributed by atoms with Crippen molar-refractivity contribution in [3.63, 3.8) is 0 Å². The lowest BCUT2D eigenvalue weighted by Crippen LogP contribution is -2.41. The lowest BCUT2D eigenvalue weighted by atomic mass is 9.81. The van der Waals surface area contributed by atoms with Gasteiger partial charge in [-0.25, -0.2) is 22.6 Å². The average Bonchev–Trinajstić information content (AvgIpc) is 2.99. The average molecular weight is 430 g/mol. The van der Waals surface area contributed by atoms with E-state index in [9.17, 15) is 18.0 Å². The maximum atomic E-state index is 15.1. The number of nitrogens with two attached hydrogens (primary N) is 1. The van der Waals surface area contributed by atoms with Gasteiger partial charge in [0.05, 0.1) is 12.4 Å². The molecule has 3 heterocycles. The van der Waals surface area contributed by atoms with Gasteiger partial charge in [0, 0.05) is 36.0 Å². The summed E-state index contributed by atoms with van der Waals surface area (Å²) in [5, 5.41) is 7.29. The van der Waals surface area contributed by atoms with Crippen LogP contribution in [0.15, 0.2) is 53.9 Å². The molecule has 0 bridgehead atoms. The number of likely N-dealkylation sites (N-methyl/N-ethyl adjacent to an activating group) is 1. The van der Waals surface area contributed by atoms with Gasteiger partial charge < -0.3 is 5.73 Å². The maximum Gasteiger partial charge on any atom is 0.280 e. The number of hydrogen-bond acceptors (Lipinski definition) is 6. The Morgan fingerprint density at radius 3 is 2.45 bits per heavy atom. The molecule has 0 aliphatic carbocycles. The highest BCUT2D eigenvalue weighted by atomic mass is 19.3. The number of aliphatic imine (C=N–C) groups is 1. The summed E-state index contributed by atoms with van der Waals surface area (Å²) in [4.78, 5) is 21.9. The van der Waals surface area contributed by atoms with Gasteiger partial charge >= 0.3 is 0 Å². The van der Waals surface area contributed by atoms with Crippen LogP contribution >= 0.6 is 0 Å². The fraction of sp³-hybridized carbons (Fsp3) is 0.150. The fourth-order valence-electron chi connectivity index (χ4n) is 3.45. The van der Waals surface area contributed by atoms with Gasteiger partial charge in [-0.1, -0.05) is 0 Å². The van der Waals surface area contributed by atoms with E-state index in [2.05, 4.69) is 20.2 Å². The smallest absolute Gasteiger partial charge is 0.280 e. The van der Waals surface area contributed by atoms with Gasteiger partial charge in [-0.2, -0.15) is 10.2 Å². The summed E-state index contributed by atoms with van der Waals surface area (Å²) in [6.07, 6.45) is 0.694. The number of aromatic nitrogens is 3. The van der Waals surface area contributed by atoms with Crippen LogP contribution in [0.1, 0.15) is 23.2 Å². The van der Waals surface area contributed by atoms with Gasteiger partial charge in [-0.3, -0.25) is 14.7 Å². The fourth-order valence-corrected chi connectivity index (χ4v) is 3.45. The van der Waals surface area contributed by atoms with E-state index in [0.29, 0.717) is 6.07 Å². The first kappa shape index (κ1) is 20.4. The van der Waals surface area contributed by atoms with Crippen molar-refractivity contribution in [2.75, 3.05) is 7.05 Å². The maximum absolute atomic E-state index is 15.1. The van der Waals surface area contributed by atoms with Crippen LogP contribution in [0.3, 0.4) is 0 Å². The minimum Gasteiger partial charge on any atom is -0.369 e. The van der Waals surface area contributed by atoms with Gasteiger partial charge in [0.15, 0.2) is 11.5 Å². The van der Waals surface area contributed by atoms with E-state index in [-0.39, 0.29) is 28.2 Å². The first-order chi connectivity index (χ1) is 14.8. The molecule has 1 aromatic carbocycles. The number of guanidine groups is 1. The number of alkyl halides is 2. The predicted molar refractivity (Wildman–Crippen MR) is 102 cm³/mol. The molecular weight excluding hydrogens is 416 g/mol. The zero-order chi connectivity index (χ0) is 22.3. The highest BCUT2D eigenvalue weighted by Gasteiger charge is 2.51. The number of carbonyl (C=O) groups excluding carboxylic acids is 1. The summed E-state index contributed by atoms with van der Waals surface area (Å²) in [7, 11) is 1.31. The van der Waals surface area contributed by atoms with Crippen LogP contribution in [0.2, 0.25) is 0 Å². The lowest BCUT2D eigenvalue weighted by Gasteiger charge is -2.27. The van der Waals surface area contributed by atoms with Gasteiger partial charge in [-0.05, 0) is 29.8 Å². The van der Waals surface area contributed by atoms with Crippen molar-refractivity contribution in [3.8, 4) is 11.1 Å². The van der Waals surface area contributed by atoms with Crippen molar-refractivity contribution in [2.24, 2.45) is 10.7 Å². The van der Waals surface area contributed by atoms with Crippen LogP contribution in [0.4, 0.5) is 17.6 Å². The van der Waals surface area contributed by atoms with E-state index in [1.54, 1.807) is 0 Å². The lowest BCUT2D eigenvalue weighted by molar-refractivity contribution is -0.129. The number of pyridine rings is 1. The summed E-state index contributed by atoms with van der Waals surface area (Å²) in [6, 6.07) is 5.35. The van der Waals surface area contributed by atoms with E-state index in [4.69, 9.17) is 5.73 Å². The third kappa shape index (κ3) is 3.18. The molecule has 11 heteroatoms. The monoisotopic (exact) mass is 430 g/mol. The van der Waals surface area contributed by atoms with Crippen molar-refractivity contribution in [2.45, 2.75) is 12.0 Å². The highest BCUT2D eigenvalue weighted by molar-refractivity contribution is 6.09. The normalized spacial score (nSPS) is 18.6. The molecule has 1 amide bonds. The van der Waals surface area contributed by atoms with Gasteiger partial charge in [0.25, 0.3) is 12.3 Å². The zero-order valence-electron chi connectivity index (χ0n) is 15.9. The van der Waals surface area contributed by atoms with E-state index in [1.165, 1.54) is 31.6 Å². The van der Waals surface area contributed by atoms with Crippen LogP contribution in [-0.2, 0) is 10.3 Å². The quantitative estimate of drug-likeness (QED) is 0.642. The van der Waals surface area contributed by atoms with Crippen molar-refractivity contribution < 1.29 is 22.4 Å². The van der Waals surface area contributed by atoms with Crippen LogP contribution in [0.5, 0.6) is 0 Å². The van der Waals surface area contributed by atoms with Crippen LogP contribution < -0.4 is 5.73 Å². The van der Waals surface area contributed by atoms with E-state index in [1.807, 2.05) is 0 Å². The number of halogens is 4. The summed E-state index contributed by atoms with van der Waals surface area (Å²) in [5.74, 6) is -3.06. The second kappa shape index (κ2) is 7.42. The summed E-state index contributed by atoms with van der Waals surface area (Å²) >= 11 is 0. The molecule has 1 atom stereocenters. The summed E-state index contributed by atoms with van der Waals surface area (Å²) in [6.45, 7) is 0. The molecule has 2 aromatic heterocycles. The molecule has 0 saturated heterocycles. The predicted octanol–water partition coefficient (Wildman–Crippen LogP) is 2.78. The molecule has 158 valence electrons. The van der Waals surface area contributed by atoms with E-state index in [0.717, 1.165) is 23.2 Å². The number of hydrogen-bond donors (Lipinski definition) is 1. The van der Waals surface area contributed by atoms with Crippen molar-refractivity contribution in [3.05, 3.63) is 77.4 Å². The number of benzene rings is 1. The number of amides is 1. The Hall–Kier alpha value is -3.89. The molecule has 1 aliphatic heterocycles. The third-order valence-electron chi connectivity index (χ3n) is 5.00. The Bertz CT molecular complexity index is 1200. The highest BCUT2D eigenvalue weighted by Crippen LogP contribution is 2.42. The molecule has 0 spiro atoms. The molecule has 2 N–H and O–H groups in total. The van der Waals surface area contributed by atoms with Crippen molar-refractivity contribution in [1.82, 2.24) is 20.1 Å². The molecule has 1 unspecified atom stereocenters. The Morgan fingerprint density at radius 2 is 1.84 bits per heavy atom. The number of nitrogens with zero attached hydrogens (tertiary/aromatic N) is 5. The standard InChI is InChI=1S/C20H14F4N6O/c1-30-18(31)20(29-19(30)25,11-3-4-26-16(6-11)17(23)24)13-7-12(14(21)8-15(13)22)10-2-5-27-28-9-10/h2-9,17H,1H3,(H2,25,29). The first-order valence-electron chi connectivity index (χ1n) is 8.90. The largest absolute Gasteiger partial charge is 0.369 e. The van der Waals surface area contributed by atoms with Gasteiger partial charge in [0.2, 0.25) is 0 Å². The Kier molecular flexibility index (Phi) is 4.88. The topological polar surface area (TPSA) is 97.4 Å².